The summed E-state index contributed by atoms with van der Waals surface area (Å²) in [6.45, 7) is 0.778. The van der Waals surface area contributed by atoms with Gasteiger partial charge in [-0.3, -0.25) is 0 Å². The average molecular weight is 280 g/mol. The van der Waals surface area contributed by atoms with E-state index in [0.717, 1.165) is 19.4 Å². The fourth-order valence-electron chi connectivity index (χ4n) is 1.79. The van der Waals surface area contributed by atoms with Crippen molar-refractivity contribution < 1.29 is 13.2 Å². The molecule has 1 aromatic rings. The quantitative estimate of drug-likeness (QED) is 0.615. The summed E-state index contributed by atoms with van der Waals surface area (Å²) < 4.78 is 39.5. The van der Waals surface area contributed by atoms with Crippen LogP contribution < -0.4 is 5.32 Å². The van der Waals surface area contributed by atoms with E-state index in [4.69, 9.17) is 0 Å². The van der Waals surface area contributed by atoms with Gasteiger partial charge in [0.2, 0.25) is 0 Å². The van der Waals surface area contributed by atoms with Crippen LogP contribution in [-0.2, 0) is 0 Å². The lowest BCUT2D eigenvalue weighted by Crippen LogP contribution is -2.15. The topological polar surface area (TPSA) is 12.0 Å². The van der Waals surface area contributed by atoms with Crippen molar-refractivity contribution in [1.82, 2.24) is 5.32 Å². The highest BCUT2D eigenvalue weighted by Crippen LogP contribution is 2.31. The molecule has 0 aliphatic carbocycles. The molecule has 1 aliphatic heterocycles. The second-order valence-electron chi connectivity index (χ2n) is 3.54. The highest BCUT2D eigenvalue weighted by atomic mass is 79.9. The van der Waals surface area contributed by atoms with Crippen LogP contribution in [0.15, 0.2) is 10.5 Å². The van der Waals surface area contributed by atoms with Crippen molar-refractivity contribution in [3.8, 4) is 0 Å². The maximum absolute atomic E-state index is 13.4. The maximum Gasteiger partial charge on any atom is 0.195 e. The maximum atomic E-state index is 13.4. The van der Waals surface area contributed by atoms with Gasteiger partial charge in [-0.05, 0) is 41.4 Å². The molecule has 1 fully saturated rings. The fraction of sp³-hybridized carbons (Fsp3) is 0.400. The van der Waals surface area contributed by atoms with E-state index in [1.165, 1.54) is 6.07 Å². The second-order valence-corrected chi connectivity index (χ2v) is 4.39. The SMILES string of the molecule is Fc1c(Br)cc(C2CCCN2)c(F)c1F. The first-order valence-corrected chi connectivity index (χ1v) is 5.47. The summed E-state index contributed by atoms with van der Waals surface area (Å²) in [5.74, 6) is -3.67. The second kappa shape index (κ2) is 4.14. The first-order chi connectivity index (χ1) is 7.11. The van der Waals surface area contributed by atoms with Gasteiger partial charge < -0.3 is 5.32 Å². The normalized spacial score (nSPS) is 20.9. The third kappa shape index (κ3) is 1.90. The van der Waals surface area contributed by atoms with E-state index in [1.54, 1.807) is 0 Å². The Balaban J connectivity index is 2.47. The molecule has 0 bridgehead atoms. The third-order valence-electron chi connectivity index (χ3n) is 2.57. The minimum Gasteiger partial charge on any atom is -0.310 e. The summed E-state index contributed by atoms with van der Waals surface area (Å²) >= 11 is 2.87. The first-order valence-electron chi connectivity index (χ1n) is 4.67. The Kier molecular flexibility index (Phi) is 3.02. The largest absolute Gasteiger partial charge is 0.310 e. The summed E-state index contributed by atoms with van der Waals surface area (Å²) in [5.41, 5.74) is 0.193. The summed E-state index contributed by atoms with van der Waals surface area (Å²) in [6.07, 6.45) is 1.66. The third-order valence-corrected chi connectivity index (χ3v) is 3.14. The Morgan fingerprint density at radius 3 is 2.53 bits per heavy atom. The van der Waals surface area contributed by atoms with Crippen molar-refractivity contribution >= 4 is 15.9 Å². The molecule has 5 heteroatoms. The van der Waals surface area contributed by atoms with Crippen molar-refractivity contribution in [3.05, 3.63) is 33.6 Å². The monoisotopic (exact) mass is 279 g/mol. The molecule has 0 aromatic heterocycles. The Hall–Kier alpha value is -0.550. The number of nitrogens with one attached hydrogen (secondary N) is 1. The van der Waals surface area contributed by atoms with Gasteiger partial charge in [-0.25, -0.2) is 13.2 Å². The molecule has 0 radical (unpaired) electrons. The van der Waals surface area contributed by atoms with Crippen LogP contribution in [0.1, 0.15) is 24.4 Å². The lowest BCUT2D eigenvalue weighted by Gasteiger charge is -2.13. The molecule has 1 aromatic carbocycles. The summed E-state index contributed by atoms with van der Waals surface area (Å²) in [5, 5.41) is 3.04. The first kappa shape index (κ1) is 11.0. The molecule has 0 amide bonds. The van der Waals surface area contributed by atoms with E-state index in [1.807, 2.05) is 0 Å². The van der Waals surface area contributed by atoms with Crippen LogP contribution in [-0.4, -0.2) is 6.54 Å². The van der Waals surface area contributed by atoms with Gasteiger partial charge in [0.1, 0.15) is 0 Å². The average Bonchev–Trinajstić information content (AvgIpc) is 2.73. The van der Waals surface area contributed by atoms with E-state index in [-0.39, 0.29) is 16.1 Å². The minimum absolute atomic E-state index is 0.0369. The van der Waals surface area contributed by atoms with Crippen LogP contribution in [0.2, 0.25) is 0 Å². The molecular weight excluding hydrogens is 271 g/mol. The van der Waals surface area contributed by atoms with Crippen molar-refractivity contribution in [1.29, 1.82) is 0 Å². The van der Waals surface area contributed by atoms with Crippen LogP contribution in [0, 0.1) is 17.5 Å². The van der Waals surface area contributed by atoms with Gasteiger partial charge in [0.05, 0.1) is 4.47 Å². The Bertz CT molecular complexity index is 389. The molecule has 0 saturated carbocycles. The summed E-state index contributed by atoms with van der Waals surface area (Å²) in [7, 11) is 0. The molecular formula is C10H9BrF3N. The van der Waals surface area contributed by atoms with E-state index in [9.17, 15) is 13.2 Å². The molecule has 0 spiro atoms. The predicted molar refractivity (Wildman–Crippen MR) is 54.0 cm³/mol. The standard InChI is InChI=1S/C10H9BrF3N/c11-6-4-5(7-2-1-3-15-7)8(12)10(14)9(6)13/h4,7,15H,1-3H2. The number of hydrogen-bond acceptors (Lipinski definition) is 1. The number of rotatable bonds is 1. The smallest absolute Gasteiger partial charge is 0.195 e. The zero-order valence-corrected chi connectivity index (χ0v) is 9.37. The van der Waals surface area contributed by atoms with Gasteiger partial charge in [0, 0.05) is 11.6 Å². The van der Waals surface area contributed by atoms with Gasteiger partial charge in [-0.1, -0.05) is 0 Å². The van der Waals surface area contributed by atoms with Gasteiger partial charge in [-0.15, -0.1) is 0 Å². The Labute approximate surface area is 93.8 Å². The van der Waals surface area contributed by atoms with Crippen LogP contribution in [0.25, 0.3) is 0 Å². The fourth-order valence-corrected chi connectivity index (χ4v) is 2.22. The van der Waals surface area contributed by atoms with Crippen molar-refractivity contribution in [3.63, 3.8) is 0 Å². The van der Waals surface area contributed by atoms with Crippen molar-refractivity contribution in [2.45, 2.75) is 18.9 Å². The highest BCUT2D eigenvalue weighted by molar-refractivity contribution is 9.10. The zero-order chi connectivity index (χ0) is 11.0. The van der Waals surface area contributed by atoms with Crippen LogP contribution in [0.5, 0.6) is 0 Å². The summed E-state index contributed by atoms with van der Waals surface area (Å²) in [4.78, 5) is 0. The molecule has 1 N–H and O–H groups in total. The predicted octanol–water partition coefficient (Wildman–Crippen LogP) is 3.29. The molecule has 1 saturated heterocycles. The number of hydrogen-bond donors (Lipinski definition) is 1. The molecule has 82 valence electrons. The van der Waals surface area contributed by atoms with E-state index in [2.05, 4.69) is 21.2 Å². The van der Waals surface area contributed by atoms with E-state index >= 15 is 0 Å². The van der Waals surface area contributed by atoms with Crippen LogP contribution in [0.4, 0.5) is 13.2 Å². The van der Waals surface area contributed by atoms with Crippen LogP contribution >= 0.6 is 15.9 Å². The van der Waals surface area contributed by atoms with Gasteiger partial charge >= 0.3 is 0 Å². The molecule has 1 nitrogen and oxygen atoms in total. The van der Waals surface area contributed by atoms with Gasteiger partial charge in [0.25, 0.3) is 0 Å². The van der Waals surface area contributed by atoms with Gasteiger partial charge in [0.15, 0.2) is 17.5 Å². The number of benzene rings is 1. The Morgan fingerprint density at radius 2 is 1.93 bits per heavy atom. The van der Waals surface area contributed by atoms with E-state index < -0.39 is 17.5 Å². The summed E-state index contributed by atoms with van der Waals surface area (Å²) in [6, 6.07) is 1.09. The molecule has 2 rings (SSSR count). The van der Waals surface area contributed by atoms with E-state index in [0.29, 0.717) is 0 Å². The van der Waals surface area contributed by atoms with Crippen LogP contribution in [0.3, 0.4) is 0 Å². The molecule has 1 atom stereocenters. The molecule has 1 heterocycles. The zero-order valence-electron chi connectivity index (χ0n) is 7.79. The number of halogens is 4. The van der Waals surface area contributed by atoms with Crippen molar-refractivity contribution in [2.24, 2.45) is 0 Å². The van der Waals surface area contributed by atoms with Gasteiger partial charge in [-0.2, -0.15) is 0 Å². The lowest BCUT2D eigenvalue weighted by molar-refractivity contribution is 0.429. The molecule has 1 unspecified atom stereocenters. The lowest BCUT2D eigenvalue weighted by atomic mass is 10.0. The molecule has 1 aliphatic rings. The minimum atomic E-state index is -1.41. The highest BCUT2D eigenvalue weighted by Gasteiger charge is 2.25. The molecule has 15 heavy (non-hydrogen) atoms. The Morgan fingerprint density at radius 1 is 1.20 bits per heavy atom. The van der Waals surface area contributed by atoms with Crippen molar-refractivity contribution in [2.75, 3.05) is 6.54 Å².